The maximum absolute atomic E-state index is 14.1. The highest BCUT2D eigenvalue weighted by molar-refractivity contribution is 6.30. The van der Waals surface area contributed by atoms with Crippen molar-refractivity contribution in [1.29, 1.82) is 0 Å². The molecule has 4 aliphatic carbocycles. The van der Waals surface area contributed by atoms with Crippen molar-refractivity contribution in [2.24, 2.45) is 45.3 Å². The van der Waals surface area contributed by atoms with Crippen molar-refractivity contribution in [2.75, 3.05) is 0 Å². The molecule has 2 aromatic rings. The summed E-state index contributed by atoms with van der Waals surface area (Å²) in [5.74, 6) is 0.906. The number of halogens is 1. The maximum atomic E-state index is 14.1. The van der Waals surface area contributed by atoms with E-state index in [1.807, 2.05) is 6.92 Å². The second-order valence-corrected chi connectivity index (χ2v) is 18.8. The minimum atomic E-state index is -1.17. The van der Waals surface area contributed by atoms with Gasteiger partial charge in [-0.2, -0.15) is 0 Å². The molecule has 3 fully saturated rings. The summed E-state index contributed by atoms with van der Waals surface area (Å²) in [6.07, 6.45) is 9.99. The van der Waals surface area contributed by atoms with Crippen LogP contribution in [0.2, 0.25) is 5.02 Å². The van der Waals surface area contributed by atoms with Crippen LogP contribution >= 0.6 is 11.6 Å². The predicted octanol–water partition coefficient (Wildman–Crippen LogP) is 9.82. The molecule has 10 heteroatoms. The fraction of sp³-hybridized carbons (Fsp3) is 0.714. The highest BCUT2D eigenvalue weighted by atomic mass is 35.5. The van der Waals surface area contributed by atoms with Crippen LogP contribution < -0.4 is 0 Å². The summed E-state index contributed by atoms with van der Waals surface area (Å²) in [5.41, 5.74) is 1.02. The number of carbonyl (C=O) groups is 3. The molecule has 0 radical (unpaired) electrons. The Morgan fingerprint density at radius 2 is 1.81 bits per heavy atom. The fourth-order valence-corrected chi connectivity index (χ4v) is 11.5. The van der Waals surface area contributed by atoms with Crippen molar-refractivity contribution >= 4 is 29.3 Å². The van der Waals surface area contributed by atoms with E-state index < -0.39 is 22.8 Å². The van der Waals surface area contributed by atoms with E-state index in [1.165, 1.54) is 5.57 Å². The summed E-state index contributed by atoms with van der Waals surface area (Å²) in [6.45, 7) is 19.4. The number of carbonyl (C=O) groups excluding carboxylic acids is 2. The van der Waals surface area contributed by atoms with Crippen molar-refractivity contribution < 1.29 is 28.6 Å². The Kier molecular flexibility index (Phi) is 10.1. The predicted molar refractivity (Wildman–Crippen MR) is 199 cm³/mol. The number of ketones is 1. The third-order valence-electron chi connectivity index (χ3n) is 14.9. The molecule has 8 atom stereocenters. The van der Waals surface area contributed by atoms with Gasteiger partial charge in [0.15, 0.2) is 5.78 Å². The smallest absolute Gasteiger partial charge is 0.309 e. The average molecular weight is 736 g/mol. The number of allylic oxidation sites excluding steroid dienone is 2. The number of esters is 1. The van der Waals surface area contributed by atoms with Crippen molar-refractivity contribution in [3.8, 4) is 11.6 Å². The zero-order valence-corrected chi connectivity index (χ0v) is 33.4. The molecule has 1 N–H and O–H groups in total. The van der Waals surface area contributed by atoms with E-state index in [9.17, 15) is 19.5 Å². The molecular formula is C42H58ClN3O6. The van der Waals surface area contributed by atoms with Gasteiger partial charge in [0.25, 0.3) is 5.89 Å². The molecule has 2 heterocycles. The van der Waals surface area contributed by atoms with Crippen molar-refractivity contribution in [3.05, 3.63) is 40.4 Å². The fourth-order valence-electron chi connectivity index (χ4n) is 11.3. The van der Waals surface area contributed by atoms with E-state index in [2.05, 4.69) is 56.7 Å². The molecule has 3 saturated carbocycles. The number of fused-ring (bicyclic) bond motifs is 5. The Bertz CT molecular complexity index is 1750. The Balaban J connectivity index is 1.30. The number of carboxylic acid groups (broad SMARTS) is 1. The summed E-state index contributed by atoms with van der Waals surface area (Å²) >= 11 is 6.10. The van der Waals surface area contributed by atoms with Gasteiger partial charge in [-0.1, -0.05) is 60.1 Å². The SMILES string of the molecule is CC[C@H](CC[C@@]1(C)[C@H](C)CC[C@]2(C)[C@@H]1CC[C@@H]1C3=C(C(C)C)C(=O)C[C@]3(c3nnc(-c4ccc(Cl)cn4)o3)CC[C@]12C)OC(=O)CC(C)(C)C(=O)O. The van der Waals surface area contributed by atoms with Crippen LogP contribution in [0.25, 0.3) is 11.6 Å². The molecular weight excluding hydrogens is 678 g/mol. The van der Waals surface area contributed by atoms with Gasteiger partial charge >= 0.3 is 11.9 Å². The van der Waals surface area contributed by atoms with Gasteiger partial charge in [0.2, 0.25) is 5.89 Å². The first-order valence-electron chi connectivity index (χ1n) is 19.5. The molecule has 9 nitrogen and oxygen atoms in total. The number of hydrogen-bond donors (Lipinski definition) is 1. The summed E-state index contributed by atoms with van der Waals surface area (Å²) in [7, 11) is 0. The topological polar surface area (TPSA) is 132 Å². The molecule has 4 aliphatic rings. The number of aliphatic carboxylic acids is 1. The Morgan fingerprint density at radius 3 is 2.44 bits per heavy atom. The molecule has 0 amide bonds. The van der Waals surface area contributed by atoms with Gasteiger partial charge in [0.05, 0.1) is 22.3 Å². The Morgan fingerprint density at radius 1 is 1.08 bits per heavy atom. The van der Waals surface area contributed by atoms with E-state index in [1.54, 1.807) is 32.2 Å². The minimum absolute atomic E-state index is 0.0290. The molecule has 0 bridgehead atoms. The Hall–Kier alpha value is -3.07. The average Bonchev–Trinajstić information content (AvgIpc) is 3.69. The molecule has 0 aliphatic heterocycles. The lowest BCUT2D eigenvalue weighted by molar-refractivity contribution is -0.184. The normalized spacial score (nSPS) is 33.8. The summed E-state index contributed by atoms with van der Waals surface area (Å²) < 4.78 is 12.4. The van der Waals surface area contributed by atoms with Crippen molar-refractivity contribution in [3.63, 3.8) is 0 Å². The monoisotopic (exact) mass is 735 g/mol. The van der Waals surface area contributed by atoms with Gasteiger partial charge in [0.1, 0.15) is 11.8 Å². The highest BCUT2D eigenvalue weighted by Gasteiger charge is 2.68. The van der Waals surface area contributed by atoms with Crippen LogP contribution in [0.3, 0.4) is 0 Å². The quantitative estimate of drug-likeness (QED) is 0.224. The summed E-state index contributed by atoms with van der Waals surface area (Å²) in [5, 5.41) is 19.2. The van der Waals surface area contributed by atoms with E-state index in [4.69, 9.17) is 20.8 Å². The molecule has 0 spiro atoms. The number of rotatable bonds is 11. The third-order valence-corrected chi connectivity index (χ3v) is 15.1. The molecule has 0 aromatic carbocycles. The second kappa shape index (κ2) is 13.7. The maximum Gasteiger partial charge on any atom is 0.309 e. The van der Waals surface area contributed by atoms with Crippen LogP contribution in [-0.2, 0) is 24.5 Å². The van der Waals surface area contributed by atoms with Crippen LogP contribution in [0.5, 0.6) is 0 Å². The number of hydrogen-bond acceptors (Lipinski definition) is 8. The van der Waals surface area contributed by atoms with Crippen LogP contribution in [0.15, 0.2) is 33.9 Å². The van der Waals surface area contributed by atoms with Crippen LogP contribution in [-0.4, -0.2) is 44.1 Å². The first-order chi connectivity index (χ1) is 24.3. The zero-order chi connectivity index (χ0) is 38.0. The minimum Gasteiger partial charge on any atom is -0.481 e. The number of Topliss-reactive ketones (excluding diaryl/α,β-unsaturated/α-hetero) is 1. The highest BCUT2D eigenvalue weighted by Crippen LogP contribution is 2.74. The number of ether oxygens (including phenoxy) is 1. The Labute approximate surface area is 314 Å². The van der Waals surface area contributed by atoms with Gasteiger partial charge in [-0.05, 0) is 135 Å². The van der Waals surface area contributed by atoms with Crippen LogP contribution in [0, 0.1) is 45.3 Å². The summed E-state index contributed by atoms with van der Waals surface area (Å²) in [6, 6.07) is 3.54. The summed E-state index contributed by atoms with van der Waals surface area (Å²) in [4.78, 5) is 43.0. The second-order valence-electron chi connectivity index (χ2n) is 18.3. The van der Waals surface area contributed by atoms with Crippen molar-refractivity contribution in [2.45, 2.75) is 144 Å². The van der Waals surface area contributed by atoms with Crippen LogP contribution in [0.4, 0.5) is 0 Å². The van der Waals surface area contributed by atoms with Gasteiger partial charge in [-0.15, -0.1) is 10.2 Å². The van der Waals surface area contributed by atoms with Crippen molar-refractivity contribution in [1.82, 2.24) is 15.2 Å². The number of pyridine rings is 1. The van der Waals surface area contributed by atoms with E-state index >= 15 is 0 Å². The van der Waals surface area contributed by atoms with Gasteiger partial charge in [0, 0.05) is 12.6 Å². The largest absolute Gasteiger partial charge is 0.481 e. The molecule has 0 saturated heterocycles. The molecule has 284 valence electrons. The number of nitrogens with zero attached hydrogens (tertiary/aromatic N) is 3. The molecule has 0 unspecified atom stereocenters. The lowest BCUT2D eigenvalue weighted by atomic mass is 9.35. The van der Waals surface area contributed by atoms with Gasteiger partial charge < -0.3 is 14.3 Å². The van der Waals surface area contributed by atoms with Crippen LogP contribution in [0.1, 0.15) is 139 Å². The zero-order valence-electron chi connectivity index (χ0n) is 32.6. The lowest BCUT2D eigenvalue weighted by Crippen LogP contribution is -2.62. The van der Waals surface area contributed by atoms with E-state index in [0.717, 1.165) is 56.9 Å². The molecule has 6 rings (SSSR count). The number of carboxylic acids is 1. The standard InChI is InChI=1S/C42H58ClN3O6/c1-10-27(51-32(48)22-38(5,6)37(49)50)16-17-39(7)25(4)15-18-41(9)31(39)14-12-28-34-33(24(2)3)30(47)21-42(34,20-19-40(28,41)8)36-46-45-35(52-36)29-13-11-26(43)23-44-29/h11,13,23-25,27-28,31H,10,12,14-22H2,1-9H3,(H,49,50)/t25-,27-,28-,31-,39+,40-,41-,42-/m1/s1. The molecule has 2 aromatic heterocycles. The van der Waals surface area contributed by atoms with E-state index in [-0.39, 0.29) is 46.4 Å². The first kappa shape index (κ1) is 38.6. The third kappa shape index (κ3) is 6.14. The lowest BCUT2D eigenvalue weighted by Gasteiger charge is -2.69. The van der Waals surface area contributed by atoms with Gasteiger partial charge in [-0.25, -0.2) is 4.98 Å². The molecule has 52 heavy (non-hydrogen) atoms. The van der Waals surface area contributed by atoms with E-state index in [0.29, 0.717) is 47.2 Å². The first-order valence-corrected chi connectivity index (χ1v) is 19.9. The van der Waals surface area contributed by atoms with Gasteiger partial charge in [-0.3, -0.25) is 14.4 Å². The number of aromatic nitrogens is 3.